The first kappa shape index (κ1) is 32.3. The van der Waals surface area contributed by atoms with Crippen molar-refractivity contribution in [1.82, 2.24) is 24.8 Å². The van der Waals surface area contributed by atoms with Crippen molar-refractivity contribution >= 4 is 11.6 Å². The zero-order chi connectivity index (χ0) is 32.2. The lowest BCUT2D eigenvalue weighted by molar-refractivity contribution is 0.218. The van der Waals surface area contributed by atoms with E-state index in [1.54, 1.807) is 37.6 Å². The molecule has 2 atom stereocenters. The summed E-state index contributed by atoms with van der Waals surface area (Å²) in [5, 5.41) is 19.4. The second kappa shape index (κ2) is 14.4. The van der Waals surface area contributed by atoms with E-state index in [1.807, 2.05) is 24.3 Å². The number of rotatable bonds is 11. The van der Waals surface area contributed by atoms with Crippen LogP contribution in [0.3, 0.4) is 0 Å². The standard InChI is InChI=1S/C35H39ClFN5O4/c1-45-34-24(18-41-13-11-22(16-41)20-43)9-10-29(39-34)27-7-3-5-25(32(27)36)26-6-4-8-28(33(26)37)30-15-38-31(35(40-30)46-2)19-42-14-12-23(17-42)21-44/h3-10,15,22-23,43-44H,11-14,16-21H2,1-2H3/t22-,23-/m1/s1. The van der Waals surface area contributed by atoms with Crippen molar-refractivity contribution in [3.8, 4) is 45.4 Å². The van der Waals surface area contributed by atoms with E-state index >= 15 is 4.39 Å². The van der Waals surface area contributed by atoms with E-state index in [0.29, 0.717) is 69.6 Å². The molecule has 0 saturated carbocycles. The van der Waals surface area contributed by atoms with Gasteiger partial charge in [0.05, 0.1) is 36.8 Å². The second-order valence-electron chi connectivity index (χ2n) is 12.1. The van der Waals surface area contributed by atoms with E-state index in [9.17, 15) is 10.2 Å². The van der Waals surface area contributed by atoms with Crippen molar-refractivity contribution in [1.29, 1.82) is 0 Å². The van der Waals surface area contributed by atoms with Crippen LogP contribution in [0.1, 0.15) is 24.1 Å². The van der Waals surface area contributed by atoms with Gasteiger partial charge in [0, 0.05) is 67.2 Å². The van der Waals surface area contributed by atoms with Crippen molar-refractivity contribution in [2.45, 2.75) is 25.9 Å². The average molecular weight is 648 g/mol. The van der Waals surface area contributed by atoms with Crippen molar-refractivity contribution in [2.75, 3.05) is 53.6 Å². The van der Waals surface area contributed by atoms with Gasteiger partial charge >= 0.3 is 0 Å². The van der Waals surface area contributed by atoms with Gasteiger partial charge in [-0.3, -0.25) is 14.8 Å². The third-order valence-electron chi connectivity index (χ3n) is 9.00. The lowest BCUT2D eigenvalue weighted by atomic mass is 9.97. The number of hydrogen-bond acceptors (Lipinski definition) is 9. The van der Waals surface area contributed by atoms with Crippen molar-refractivity contribution in [3.05, 3.63) is 76.8 Å². The molecule has 46 heavy (non-hydrogen) atoms. The smallest absolute Gasteiger partial charge is 0.237 e. The molecular formula is C35H39ClFN5O4. The van der Waals surface area contributed by atoms with Gasteiger partial charge < -0.3 is 19.7 Å². The molecule has 0 unspecified atom stereocenters. The van der Waals surface area contributed by atoms with Crippen LogP contribution in [-0.2, 0) is 13.1 Å². The molecular weight excluding hydrogens is 609 g/mol. The SMILES string of the molecule is COc1nc(-c2cccc(-c3cccc(-c4cnc(CN5CC[C@@H](CO)C5)c(OC)n4)c3F)c2Cl)ccc1CN1CC[C@@H](CO)C1. The fraction of sp³-hybridized carbons (Fsp3) is 0.400. The molecule has 2 aromatic heterocycles. The number of aliphatic hydroxyl groups excluding tert-OH is 2. The largest absolute Gasteiger partial charge is 0.481 e. The van der Waals surface area contributed by atoms with Crippen molar-refractivity contribution < 1.29 is 24.1 Å². The molecule has 242 valence electrons. The van der Waals surface area contributed by atoms with Gasteiger partial charge in [0.1, 0.15) is 11.5 Å². The molecule has 2 aliphatic heterocycles. The number of methoxy groups -OCH3 is 2. The number of likely N-dealkylation sites (tertiary alicyclic amines) is 2. The normalized spacial score (nSPS) is 18.7. The fourth-order valence-electron chi connectivity index (χ4n) is 6.45. The van der Waals surface area contributed by atoms with Gasteiger partial charge in [-0.2, -0.15) is 0 Å². The Bertz CT molecular complexity index is 1570. The highest BCUT2D eigenvalue weighted by Gasteiger charge is 2.25. The van der Waals surface area contributed by atoms with Crippen LogP contribution in [0, 0.1) is 17.7 Å². The van der Waals surface area contributed by atoms with Gasteiger partial charge in [-0.15, -0.1) is 0 Å². The van der Waals surface area contributed by atoms with Crippen molar-refractivity contribution in [2.24, 2.45) is 11.8 Å². The number of aromatic nitrogens is 3. The molecule has 11 heteroatoms. The molecule has 0 aliphatic carbocycles. The predicted molar refractivity (Wildman–Crippen MR) is 175 cm³/mol. The Balaban J connectivity index is 1.27. The number of halogens is 2. The maximum absolute atomic E-state index is 16.3. The van der Waals surface area contributed by atoms with E-state index in [4.69, 9.17) is 26.1 Å². The van der Waals surface area contributed by atoms with Crippen LogP contribution in [0.2, 0.25) is 5.02 Å². The first-order valence-electron chi connectivity index (χ1n) is 15.6. The van der Waals surface area contributed by atoms with Crippen LogP contribution in [0.15, 0.2) is 54.7 Å². The van der Waals surface area contributed by atoms with Gasteiger partial charge in [0.25, 0.3) is 0 Å². The number of pyridine rings is 1. The highest BCUT2D eigenvalue weighted by molar-refractivity contribution is 6.36. The Morgan fingerprint density at radius 2 is 1.39 bits per heavy atom. The Morgan fingerprint density at radius 1 is 0.783 bits per heavy atom. The Hall–Kier alpha value is -3.67. The summed E-state index contributed by atoms with van der Waals surface area (Å²) in [5.41, 5.74) is 4.39. The van der Waals surface area contributed by atoms with E-state index in [1.165, 1.54) is 7.11 Å². The molecule has 4 aromatic rings. The quantitative estimate of drug-likeness (QED) is 0.224. The topological polar surface area (TPSA) is 104 Å². The Labute approximate surface area is 273 Å². The van der Waals surface area contributed by atoms with Gasteiger partial charge in [0.15, 0.2) is 0 Å². The van der Waals surface area contributed by atoms with E-state index in [2.05, 4.69) is 19.8 Å². The first-order chi connectivity index (χ1) is 22.4. The Kier molecular flexibility index (Phi) is 10.1. The molecule has 2 fully saturated rings. The van der Waals surface area contributed by atoms with Gasteiger partial charge in [-0.1, -0.05) is 48.0 Å². The van der Waals surface area contributed by atoms with Gasteiger partial charge in [0.2, 0.25) is 11.8 Å². The number of nitrogens with zero attached hydrogens (tertiary/aromatic N) is 5. The summed E-state index contributed by atoms with van der Waals surface area (Å²) in [4.78, 5) is 18.5. The summed E-state index contributed by atoms with van der Waals surface area (Å²) in [7, 11) is 3.13. The fourth-order valence-corrected chi connectivity index (χ4v) is 6.78. The van der Waals surface area contributed by atoms with Crippen LogP contribution >= 0.6 is 11.6 Å². The number of benzene rings is 2. The van der Waals surface area contributed by atoms with Crippen LogP contribution in [0.5, 0.6) is 11.8 Å². The summed E-state index contributed by atoms with van der Waals surface area (Å²) in [5.74, 6) is 0.945. The summed E-state index contributed by atoms with van der Waals surface area (Å²) in [6.07, 6.45) is 3.48. The predicted octanol–water partition coefficient (Wildman–Crippen LogP) is 5.31. The highest BCUT2D eigenvalue weighted by atomic mass is 35.5. The number of aliphatic hydroxyl groups is 2. The molecule has 0 amide bonds. The van der Waals surface area contributed by atoms with Crippen LogP contribution in [-0.4, -0.2) is 88.6 Å². The summed E-state index contributed by atoms with van der Waals surface area (Å²) in [6, 6.07) is 14.5. The van der Waals surface area contributed by atoms with E-state index < -0.39 is 5.82 Å². The van der Waals surface area contributed by atoms with Crippen molar-refractivity contribution in [3.63, 3.8) is 0 Å². The van der Waals surface area contributed by atoms with Gasteiger partial charge in [-0.25, -0.2) is 14.4 Å². The van der Waals surface area contributed by atoms with Crippen LogP contribution in [0.4, 0.5) is 4.39 Å². The summed E-state index contributed by atoms with van der Waals surface area (Å²) >= 11 is 6.98. The van der Waals surface area contributed by atoms with E-state index in [0.717, 1.165) is 44.6 Å². The molecule has 2 saturated heterocycles. The molecule has 4 heterocycles. The molecule has 0 spiro atoms. The zero-order valence-corrected chi connectivity index (χ0v) is 26.9. The first-order valence-corrected chi connectivity index (χ1v) is 16.0. The molecule has 2 aromatic carbocycles. The minimum absolute atomic E-state index is 0.170. The van der Waals surface area contributed by atoms with Gasteiger partial charge in [-0.05, 0) is 49.9 Å². The summed E-state index contributed by atoms with van der Waals surface area (Å²) in [6.45, 7) is 5.00. The highest BCUT2D eigenvalue weighted by Crippen LogP contribution is 2.40. The molecule has 2 aliphatic rings. The minimum atomic E-state index is -0.469. The zero-order valence-electron chi connectivity index (χ0n) is 26.1. The number of ether oxygens (including phenoxy) is 2. The third-order valence-corrected chi connectivity index (χ3v) is 9.41. The Morgan fingerprint density at radius 3 is 2.04 bits per heavy atom. The summed E-state index contributed by atoms with van der Waals surface area (Å²) < 4.78 is 27.5. The van der Waals surface area contributed by atoms with Crippen LogP contribution in [0.25, 0.3) is 33.6 Å². The monoisotopic (exact) mass is 647 g/mol. The molecule has 0 radical (unpaired) electrons. The van der Waals surface area contributed by atoms with E-state index in [-0.39, 0.29) is 24.7 Å². The average Bonchev–Trinajstić information content (AvgIpc) is 3.75. The molecule has 9 nitrogen and oxygen atoms in total. The second-order valence-corrected chi connectivity index (χ2v) is 12.4. The maximum atomic E-state index is 16.3. The molecule has 0 bridgehead atoms. The number of hydrogen-bond donors (Lipinski definition) is 2. The molecule has 2 N–H and O–H groups in total. The third kappa shape index (κ3) is 6.72. The minimum Gasteiger partial charge on any atom is -0.481 e. The lowest BCUT2D eigenvalue weighted by Gasteiger charge is -2.18. The maximum Gasteiger partial charge on any atom is 0.237 e. The van der Waals surface area contributed by atoms with Crippen LogP contribution < -0.4 is 9.47 Å². The lowest BCUT2D eigenvalue weighted by Crippen LogP contribution is -2.22. The molecule has 6 rings (SSSR count).